The molecule has 22 heavy (non-hydrogen) atoms. The summed E-state index contributed by atoms with van der Waals surface area (Å²) in [5, 5.41) is 4.92. The van der Waals surface area contributed by atoms with Gasteiger partial charge in [-0.2, -0.15) is 4.98 Å². The van der Waals surface area contributed by atoms with E-state index in [1.54, 1.807) is 21.6 Å². The van der Waals surface area contributed by atoms with Gasteiger partial charge in [-0.25, -0.2) is 9.50 Å². The predicted molar refractivity (Wildman–Crippen MR) is 88.0 cm³/mol. The summed E-state index contributed by atoms with van der Waals surface area (Å²) in [6, 6.07) is 1.94. The van der Waals surface area contributed by atoms with Crippen LogP contribution in [0.15, 0.2) is 36.5 Å². The first-order valence-electron chi connectivity index (χ1n) is 6.88. The van der Waals surface area contributed by atoms with Crippen molar-refractivity contribution in [3.05, 3.63) is 42.8 Å². The number of aromatic nitrogens is 4. The lowest BCUT2D eigenvalue weighted by molar-refractivity contribution is -0.127. The Labute approximate surface area is 133 Å². The lowest BCUT2D eigenvalue weighted by Gasteiger charge is -2.18. The van der Waals surface area contributed by atoms with E-state index in [2.05, 4.69) is 28.2 Å². The van der Waals surface area contributed by atoms with E-state index in [0.29, 0.717) is 24.0 Å². The highest BCUT2D eigenvalue weighted by molar-refractivity contribution is 7.99. The number of carbonyl (C=O) groups is 1. The van der Waals surface area contributed by atoms with Crippen LogP contribution in [0.2, 0.25) is 0 Å². The number of carbonyl (C=O) groups excluding carboxylic acids is 1. The smallest absolute Gasteiger partial charge is 0.253 e. The molecule has 0 saturated carbocycles. The van der Waals surface area contributed by atoms with Gasteiger partial charge in [-0.15, -0.1) is 18.3 Å². The molecule has 6 nitrogen and oxygen atoms in total. The SMILES string of the molecule is C=CCN(CC=C)C(=O)CSc1nc2nc(C)cc(C)n2n1. The summed E-state index contributed by atoms with van der Waals surface area (Å²) in [7, 11) is 0. The van der Waals surface area contributed by atoms with Crippen LogP contribution in [0.3, 0.4) is 0 Å². The topological polar surface area (TPSA) is 63.4 Å². The number of hydrogen-bond donors (Lipinski definition) is 0. The molecule has 0 aliphatic carbocycles. The van der Waals surface area contributed by atoms with Crippen molar-refractivity contribution in [3.63, 3.8) is 0 Å². The van der Waals surface area contributed by atoms with Crippen molar-refractivity contribution >= 4 is 23.4 Å². The van der Waals surface area contributed by atoms with Crippen LogP contribution < -0.4 is 0 Å². The van der Waals surface area contributed by atoms with Crippen LogP contribution in [-0.4, -0.2) is 49.2 Å². The summed E-state index contributed by atoms with van der Waals surface area (Å²) in [5.74, 6) is 0.836. The lowest BCUT2D eigenvalue weighted by atomic mass is 10.4. The third kappa shape index (κ3) is 3.73. The quantitative estimate of drug-likeness (QED) is 0.577. The van der Waals surface area contributed by atoms with Crippen molar-refractivity contribution in [2.75, 3.05) is 18.8 Å². The minimum absolute atomic E-state index is 0.00418. The minimum atomic E-state index is 0.00418. The third-order valence-electron chi connectivity index (χ3n) is 2.98. The second-order valence-corrected chi connectivity index (χ2v) is 5.75. The standard InChI is InChI=1S/C15H19N5OS/c1-5-7-19(8-6-2)13(21)10-22-15-17-14-16-11(3)9-12(4)20(14)18-15/h5-6,9H,1-2,7-8,10H2,3-4H3. The van der Waals surface area contributed by atoms with E-state index < -0.39 is 0 Å². The summed E-state index contributed by atoms with van der Waals surface area (Å²) in [5.41, 5.74) is 1.86. The largest absolute Gasteiger partial charge is 0.335 e. The summed E-state index contributed by atoms with van der Waals surface area (Å²) in [6.45, 7) is 12.2. The molecule has 0 radical (unpaired) electrons. The molecule has 0 spiro atoms. The van der Waals surface area contributed by atoms with Gasteiger partial charge in [0.15, 0.2) is 0 Å². The van der Waals surface area contributed by atoms with Crippen molar-refractivity contribution < 1.29 is 4.79 Å². The van der Waals surface area contributed by atoms with Crippen LogP contribution in [-0.2, 0) is 4.79 Å². The van der Waals surface area contributed by atoms with Gasteiger partial charge in [-0.05, 0) is 19.9 Å². The van der Waals surface area contributed by atoms with Crippen molar-refractivity contribution in [1.82, 2.24) is 24.5 Å². The Morgan fingerprint density at radius 3 is 2.64 bits per heavy atom. The molecule has 0 N–H and O–H groups in total. The Hall–Kier alpha value is -2.15. The normalized spacial score (nSPS) is 10.6. The number of thioether (sulfide) groups is 1. The molecule has 116 valence electrons. The van der Waals surface area contributed by atoms with Gasteiger partial charge in [0.05, 0.1) is 5.75 Å². The number of hydrogen-bond acceptors (Lipinski definition) is 5. The van der Waals surface area contributed by atoms with Gasteiger partial charge in [0.1, 0.15) is 0 Å². The highest BCUT2D eigenvalue weighted by Gasteiger charge is 2.14. The van der Waals surface area contributed by atoms with Crippen molar-refractivity contribution in [1.29, 1.82) is 0 Å². The zero-order valence-corrected chi connectivity index (χ0v) is 13.6. The Morgan fingerprint density at radius 1 is 1.32 bits per heavy atom. The Morgan fingerprint density at radius 2 is 2.00 bits per heavy atom. The first kappa shape index (κ1) is 16.2. The molecule has 0 fully saturated rings. The fraction of sp³-hybridized carbons (Fsp3) is 0.333. The van der Waals surface area contributed by atoms with Crippen LogP contribution in [0.4, 0.5) is 0 Å². The van der Waals surface area contributed by atoms with Gasteiger partial charge in [-0.1, -0.05) is 23.9 Å². The second-order valence-electron chi connectivity index (χ2n) is 4.81. The second kappa shape index (κ2) is 7.22. The molecule has 2 rings (SSSR count). The molecule has 0 aromatic carbocycles. The predicted octanol–water partition coefficient (Wildman–Crippen LogP) is 2.03. The summed E-state index contributed by atoms with van der Waals surface area (Å²) < 4.78 is 1.69. The van der Waals surface area contributed by atoms with E-state index in [4.69, 9.17) is 0 Å². The van der Waals surface area contributed by atoms with Crippen LogP contribution >= 0.6 is 11.8 Å². The average Bonchev–Trinajstić information content (AvgIpc) is 2.87. The lowest BCUT2D eigenvalue weighted by Crippen LogP contribution is -2.32. The van der Waals surface area contributed by atoms with Gasteiger partial charge in [0.25, 0.3) is 5.78 Å². The first-order chi connectivity index (χ1) is 10.5. The fourth-order valence-electron chi connectivity index (χ4n) is 2.02. The van der Waals surface area contributed by atoms with Crippen LogP contribution in [0.1, 0.15) is 11.4 Å². The molecule has 2 aromatic heterocycles. The van der Waals surface area contributed by atoms with E-state index >= 15 is 0 Å². The zero-order chi connectivity index (χ0) is 16.1. The van der Waals surface area contributed by atoms with Crippen LogP contribution in [0.5, 0.6) is 0 Å². The first-order valence-corrected chi connectivity index (χ1v) is 7.87. The molecule has 2 aromatic rings. The highest BCUT2D eigenvalue weighted by Crippen LogP contribution is 2.16. The van der Waals surface area contributed by atoms with Crippen LogP contribution in [0, 0.1) is 13.8 Å². The maximum Gasteiger partial charge on any atom is 0.253 e. The minimum Gasteiger partial charge on any atom is -0.335 e. The molecule has 0 saturated heterocycles. The molecule has 0 aliphatic rings. The van der Waals surface area contributed by atoms with Gasteiger partial charge < -0.3 is 4.90 Å². The molecule has 1 amide bonds. The van der Waals surface area contributed by atoms with Gasteiger partial charge in [0.2, 0.25) is 11.1 Å². The van der Waals surface area contributed by atoms with E-state index in [0.717, 1.165) is 11.4 Å². The van der Waals surface area contributed by atoms with E-state index in [1.165, 1.54) is 11.8 Å². The molecular formula is C15H19N5OS. The maximum absolute atomic E-state index is 12.2. The number of rotatable bonds is 7. The number of amides is 1. The maximum atomic E-state index is 12.2. The van der Waals surface area contributed by atoms with Gasteiger partial charge in [0, 0.05) is 24.5 Å². The number of aryl methyl sites for hydroxylation is 2. The highest BCUT2D eigenvalue weighted by atomic mass is 32.2. The molecular weight excluding hydrogens is 298 g/mol. The van der Waals surface area contributed by atoms with Crippen molar-refractivity contribution in [2.24, 2.45) is 0 Å². The average molecular weight is 317 g/mol. The fourth-order valence-corrected chi connectivity index (χ4v) is 2.74. The zero-order valence-electron chi connectivity index (χ0n) is 12.8. The number of fused-ring (bicyclic) bond motifs is 1. The Bertz CT molecular complexity index is 699. The molecule has 0 unspecified atom stereocenters. The molecule has 0 atom stereocenters. The third-order valence-corrected chi connectivity index (χ3v) is 3.80. The Kier molecular flexibility index (Phi) is 5.32. The summed E-state index contributed by atoms with van der Waals surface area (Å²) in [4.78, 5) is 22.5. The van der Waals surface area contributed by atoms with Crippen molar-refractivity contribution in [3.8, 4) is 0 Å². The van der Waals surface area contributed by atoms with E-state index in [9.17, 15) is 4.79 Å². The van der Waals surface area contributed by atoms with Gasteiger partial charge >= 0.3 is 0 Å². The summed E-state index contributed by atoms with van der Waals surface area (Å²) in [6.07, 6.45) is 3.40. The van der Waals surface area contributed by atoms with E-state index in [-0.39, 0.29) is 11.7 Å². The molecule has 0 aliphatic heterocycles. The molecule has 7 heteroatoms. The molecule has 2 heterocycles. The monoisotopic (exact) mass is 317 g/mol. The summed E-state index contributed by atoms with van der Waals surface area (Å²) >= 11 is 1.31. The number of nitrogens with zero attached hydrogens (tertiary/aromatic N) is 5. The van der Waals surface area contributed by atoms with Crippen molar-refractivity contribution in [2.45, 2.75) is 19.0 Å². The molecule has 0 bridgehead atoms. The van der Waals surface area contributed by atoms with E-state index in [1.807, 2.05) is 19.9 Å². The Balaban J connectivity index is 2.07. The van der Waals surface area contributed by atoms with Gasteiger partial charge in [-0.3, -0.25) is 4.79 Å². The van der Waals surface area contributed by atoms with Crippen LogP contribution in [0.25, 0.3) is 5.78 Å².